The fraction of sp³-hybridized carbons (Fsp3) is 0.409. The molecule has 0 spiro atoms. The number of fused-ring (bicyclic) bond motifs is 2. The van der Waals surface area contributed by atoms with Crippen LogP contribution in [0, 0.1) is 5.82 Å². The summed E-state index contributed by atoms with van der Waals surface area (Å²) in [5.74, 6) is 2.11. The van der Waals surface area contributed by atoms with Crippen molar-refractivity contribution in [2.75, 3.05) is 26.4 Å². The standard InChI is InChI=1S/C22H25FN6O2/c1-2-20(30)28-8-5-14(6-9-28)16-11-24-22(29-13-26-27-21(16)29)25-12-17-15-7-10-31-19(15)4-3-18(17)23/h3-5,11,26H,2,6-10,12-13H2,1H3,(H,24,25). The van der Waals surface area contributed by atoms with Crippen LogP contribution in [0.5, 0.6) is 5.75 Å². The van der Waals surface area contributed by atoms with Crippen LogP contribution < -0.4 is 15.5 Å². The molecule has 9 heteroatoms. The molecular formula is C22H25FN6O2. The van der Waals surface area contributed by atoms with Crippen LogP contribution in [-0.4, -0.2) is 53.9 Å². The number of aliphatic imine (C=N–C) groups is 1. The zero-order valence-corrected chi connectivity index (χ0v) is 17.4. The molecule has 0 bridgehead atoms. The average Bonchev–Trinajstić information content (AvgIpc) is 3.48. The number of benzene rings is 1. The molecule has 4 heterocycles. The third kappa shape index (κ3) is 3.54. The lowest BCUT2D eigenvalue weighted by atomic mass is 9.98. The number of guanidine groups is 1. The lowest BCUT2D eigenvalue weighted by Crippen LogP contribution is -2.46. The number of carbonyl (C=O) groups is 1. The van der Waals surface area contributed by atoms with Crippen molar-refractivity contribution in [1.82, 2.24) is 20.5 Å². The first-order valence-corrected chi connectivity index (χ1v) is 10.7. The Morgan fingerprint density at radius 1 is 1.35 bits per heavy atom. The Labute approximate surface area is 180 Å². The zero-order chi connectivity index (χ0) is 21.4. The van der Waals surface area contributed by atoms with Crippen LogP contribution in [0.15, 0.2) is 45.6 Å². The van der Waals surface area contributed by atoms with Gasteiger partial charge in [0.15, 0.2) is 5.84 Å². The van der Waals surface area contributed by atoms with Crippen LogP contribution >= 0.6 is 0 Å². The maximum atomic E-state index is 14.5. The minimum Gasteiger partial charge on any atom is -0.493 e. The minimum absolute atomic E-state index is 0.170. The number of ether oxygens (including phenoxy) is 1. The van der Waals surface area contributed by atoms with Crippen LogP contribution in [0.1, 0.15) is 30.9 Å². The summed E-state index contributed by atoms with van der Waals surface area (Å²) >= 11 is 0. The molecule has 0 aliphatic carbocycles. The summed E-state index contributed by atoms with van der Waals surface area (Å²) in [6.45, 7) is 4.59. The van der Waals surface area contributed by atoms with Gasteiger partial charge in [-0.05, 0) is 24.1 Å². The van der Waals surface area contributed by atoms with Gasteiger partial charge in [0.1, 0.15) is 18.2 Å². The fourth-order valence-electron chi connectivity index (χ4n) is 4.36. The van der Waals surface area contributed by atoms with Gasteiger partial charge in [-0.15, -0.1) is 0 Å². The number of nitrogens with one attached hydrogen (secondary N) is 2. The van der Waals surface area contributed by atoms with Crippen molar-refractivity contribution in [3.8, 4) is 5.75 Å². The van der Waals surface area contributed by atoms with Gasteiger partial charge in [-0.3, -0.25) is 15.1 Å². The van der Waals surface area contributed by atoms with Gasteiger partial charge in [0.05, 0.1) is 6.61 Å². The Kier molecular flexibility index (Phi) is 5.09. The molecular weight excluding hydrogens is 399 g/mol. The summed E-state index contributed by atoms with van der Waals surface area (Å²) in [6, 6.07) is 3.14. The highest BCUT2D eigenvalue weighted by atomic mass is 19.1. The summed E-state index contributed by atoms with van der Waals surface area (Å²) in [6.07, 6.45) is 5.89. The molecule has 1 aromatic carbocycles. The predicted molar refractivity (Wildman–Crippen MR) is 115 cm³/mol. The van der Waals surface area contributed by atoms with Gasteiger partial charge in [0.25, 0.3) is 0 Å². The van der Waals surface area contributed by atoms with Gasteiger partial charge in [0.2, 0.25) is 11.9 Å². The summed E-state index contributed by atoms with van der Waals surface area (Å²) in [5, 5.41) is 7.73. The van der Waals surface area contributed by atoms with E-state index in [4.69, 9.17) is 4.74 Å². The maximum Gasteiger partial charge on any atom is 0.222 e. The molecule has 0 radical (unpaired) electrons. The molecule has 5 rings (SSSR count). The van der Waals surface area contributed by atoms with Crippen LogP contribution in [0.3, 0.4) is 0 Å². The van der Waals surface area contributed by atoms with E-state index in [-0.39, 0.29) is 11.7 Å². The summed E-state index contributed by atoms with van der Waals surface area (Å²) in [5.41, 5.74) is 6.66. The molecule has 162 valence electrons. The summed E-state index contributed by atoms with van der Waals surface area (Å²) in [7, 11) is 0. The van der Waals surface area contributed by atoms with Crippen molar-refractivity contribution < 1.29 is 13.9 Å². The monoisotopic (exact) mass is 424 g/mol. The van der Waals surface area contributed by atoms with Gasteiger partial charge in [-0.25, -0.2) is 9.38 Å². The van der Waals surface area contributed by atoms with E-state index in [0.717, 1.165) is 34.7 Å². The number of hydrogen-bond acceptors (Lipinski definition) is 7. The molecule has 4 aliphatic heterocycles. The molecule has 1 aromatic rings. The number of hydrogen-bond donors (Lipinski definition) is 2. The molecule has 0 unspecified atom stereocenters. The highest BCUT2D eigenvalue weighted by molar-refractivity contribution is 6.13. The lowest BCUT2D eigenvalue weighted by Gasteiger charge is -2.30. The molecule has 0 saturated heterocycles. The Hall–Kier alpha value is -3.36. The van der Waals surface area contributed by atoms with Gasteiger partial charge in [0, 0.05) is 55.4 Å². The first-order valence-electron chi connectivity index (χ1n) is 10.7. The number of carbonyl (C=O) groups excluding carboxylic acids is 1. The number of halogens is 1. The van der Waals surface area contributed by atoms with E-state index in [1.54, 1.807) is 6.07 Å². The molecule has 31 heavy (non-hydrogen) atoms. The number of rotatable bonds is 4. The molecule has 1 amide bonds. The van der Waals surface area contributed by atoms with Crippen LogP contribution in [0.25, 0.3) is 0 Å². The van der Waals surface area contributed by atoms with E-state index in [9.17, 15) is 9.18 Å². The Morgan fingerprint density at radius 2 is 2.26 bits per heavy atom. The smallest absolute Gasteiger partial charge is 0.222 e. The van der Waals surface area contributed by atoms with E-state index in [2.05, 4.69) is 26.9 Å². The fourth-order valence-corrected chi connectivity index (χ4v) is 4.36. The highest BCUT2D eigenvalue weighted by Crippen LogP contribution is 2.30. The van der Waals surface area contributed by atoms with Gasteiger partial charge < -0.3 is 15.0 Å². The molecule has 0 atom stereocenters. The van der Waals surface area contributed by atoms with Gasteiger partial charge >= 0.3 is 0 Å². The van der Waals surface area contributed by atoms with E-state index in [0.29, 0.717) is 57.3 Å². The second kappa shape index (κ2) is 8.05. The molecule has 4 aliphatic rings. The summed E-state index contributed by atoms with van der Waals surface area (Å²) < 4.78 is 20.0. The Morgan fingerprint density at radius 3 is 3.06 bits per heavy atom. The first kappa shape index (κ1) is 19.6. The van der Waals surface area contributed by atoms with Crippen molar-refractivity contribution >= 4 is 17.7 Å². The average molecular weight is 424 g/mol. The molecule has 8 nitrogen and oxygen atoms in total. The quantitative estimate of drug-likeness (QED) is 0.771. The number of amidine groups is 1. The first-order chi connectivity index (χ1) is 15.2. The SMILES string of the molecule is CCC(=O)N1CC=C(C2=CN=C(NCc3c(F)ccc4c3CCO4)N3CNN=C23)CC1. The second-order valence-electron chi connectivity index (χ2n) is 7.80. The normalized spacial score (nSPS) is 19.4. The van der Waals surface area contributed by atoms with E-state index < -0.39 is 0 Å². The summed E-state index contributed by atoms with van der Waals surface area (Å²) in [4.78, 5) is 20.4. The number of amides is 1. The van der Waals surface area contributed by atoms with Gasteiger partial charge in [-0.2, -0.15) is 5.10 Å². The molecule has 0 aromatic heterocycles. The van der Waals surface area contributed by atoms with Crippen LogP contribution in [0.4, 0.5) is 4.39 Å². The third-order valence-corrected chi connectivity index (χ3v) is 6.06. The third-order valence-electron chi connectivity index (χ3n) is 6.06. The minimum atomic E-state index is -0.239. The van der Waals surface area contributed by atoms with Crippen molar-refractivity contribution in [3.63, 3.8) is 0 Å². The number of hydrazone groups is 1. The van der Waals surface area contributed by atoms with Crippen LogP contribution in [-0.2, 0) is 17.8 Å². The molecule has 2 N–H and O–H groups in total. The topological polar surface area (TPSA) is 81.6 Å². The highest BCUT2D eigenvalue weighted by Gasteiger charge is 2.31. The van der Waals surface area contributed by atoms with Crippen molar-refractivity contribution in [2.24, 2.45) is 10.1 Å². The van der Waals surface area contributed by atoms with Crippen molar-refractivity contribution in [3.05, 3.63) is 52.5 Å². The van der Waals surface area contributed by atoms with E-state index in [1.165, 1.54) is 6.07 Å². The number of nitrogens with zero attached hydrogens (tertiary/aromatic N) is 4. The van der Waals surface area contributed by atoms with E-state index >= 15 is 0 Å². The lowest BCUT2D eigenvalue weighted by molar-refractivity contribution is -0.130. The Bertz CT molecular complexity index is 1040. The molecule has 0 saturated carbocycles. The van der Waals surface area contributed by atoms with Crippen molar-refractivity contribution in [1.29, 1.82) is 0 Å². The zero-order valence-electron chi connectivity index (χ0n) is 17.4. The largest absolute Gasteiger partial charge is 0.493 e. The predicted octanol–water partition coefficient (Wildman–Crippen LogP) is 1.85. The second-order valence-corrected chi connectivity index (χ2v) is 7.80. The van der Waals surface area contributed by atoms with Gasteiger partial charge in [-0.1, -0.05) is 13.0 Å². The molecule has 0 fully saturated rings. The Balaban J connectivity index is 1.34. The van der Waals surface area contributed by atoms with Crippen LogP contribution in [0.2, 0.25) is 0 Å². The maximum absolute atomic E-state index is 14.5. The van der Waals surface area contributed by atoms with Crippen molar-refractivity contribution in [2.45, 2.75) is 32.7 Å². The van der Waals surface area contributed by atoms with E-state index in [1.807, 2.05) is 22.9 Å².